The molecule has 1 heterocycles. The molecule has 3 aromatic rings. The highest BCUT2D eigenvalue weighted by Gasteiger charge is 2.11. The Kier molecular flexibility index (Phi) is 4.29. The normalized spacial score (nSPS) is 10.6. The number of rotatable bonds is 4. The zero-order valence-corrected chi connectivity index (χ0v) is 12.7. The van der Waals surface area contributed by atoms with Crippen molar-refractivity contribution in [3.63, 3.8) is 0 Å². The fourth-order valence-electron chi connectivity index (χ4n) is 2.22. The van der Waals surface area contributed by atoms with Crippen LogP contribution in [0.5, 0.6) is 0 Å². The number of carbonyl (C=O) groups is 2. The van der Waals surface area contributed by atoms with Crippen LogP contribution in [0.15, 0.2) is 41.2 Å². The van der Waals surface area contributed by atoms with Gasteiger partial charge in [-0.3, -0.25) is 9.59 Å². The van der Waals surface area contributed by atoms with Crippen molar-refractivity contribution in [2.45, 2.75) is 0 Å². The van der Waals surface area contributed by atoms with Crippen LogP contribution in [0.1, 0.15) is 10.4 Å². The number of fused-ring (bicyclic) bond motifs is 1. The number of hydrogen-bond donors (Lipinski definition) is 4. The molecular weight excluding hydrogens is 334 g/mol. The van der Waals surface area contributed by atoms with E-state index in [0.29, 0.717) is 16.7 Å². The maximum Gasteiger partial charge on any atom is 0.323 e. The molecule has 0 aliphatic carbocycles. The van der Waals surface area contributed by atoms with E-state index in [-0.39, 0.29) is 17.8 Å². The molecule has 0 spiro atoms. The number of amides is 2. The topological polar surface area (TPSA) is 107 Å². The number of halogens is 2. The van der Waals surface area contributed by atoms with E-state index in [2.05, 4.69) is 20.6 Å². The number of hydrogen-bond acceptors (Lipinski definition) is 3. The van der Waals surface area contributed by atoms with E-state index in [9.17, 15) is 23.2 Å². The summed E-state index contributed by atoms with van der Waals surface area (Å²) in [6.45, 7) is -0.362. The molecule has 0 saturated carbocycles. The lowest BCUT2D eigenvalue weighted by atomic mass is 10.2. The molecule has 7 nitrogen and oxygen atoms in total. The van der Waals surface area contributed by atoms with Crippen LogP contribution in [0.25, 0.3) is 11.0 Å². The largest absolute Gasteiger partial charge is 0.343 e. The number of aromatic amines is 2. The van der Waals surface area contributed by atoms with Gasteiger partial charge < -0.3 is 20.6 Å². The third-order valence-electron chi connectivity index (χ3n) is 3.39. The molecule has 0 aliphatic rings. The van der Waals surface area contributed by atoms with Gasteiger partial charge in [0.25, 0.3) is 5.91 Å². The summed E-state index contributed by atoms with van der Waals surface area (Å²) in [7, 11) is 0. The van der Waals surface area contributed by atoms with Gasteiger partial charge in [0.15, 0.2) is 11.6 Å². The molecule has 3 rings (SSSR count). The second-order valence-electron chi connectivity index (χ2n) is 5.20. The predicted molar refractivity (Wildman–Crippen MR) is 86.2 cm³/mol. The second kappa shape index (κ2) is 6.56. The Bertz CT molecular complexity index is 1030. The number of imidazole rings is 1. The highest BCUT2D eigenvalue weighted by molar-refractivity contribution is 5.99. The lowest BCUT2D eigenvalue weighted by Crippen LogP contribution is -2.32. The van der Waals surface area contributed by atoms with Crippen molar-refractivity contribution in [1.82, 2.24) is 15.3 Å². The molecule has 0 atom stereocenters. The molecule has 128 valence electrons. The predicted octanol–water partition coefficient (Wildman–Crippen LogP) is 1.50. The molecule has 2 amide bonds. The Morgan fingerprint density at radius 1 is 0.960 bits per heavy atom. The number of benzene rings is 2. The van der Waals surface area contributed by atoms with Crippen LogP contribution in [0.4, 0.5) is 14.5 Å². The summed E-state index contributed by atoms with van der Waals surface area (Å²) in [6, 6.07) is 7.45. The average molecular weight is 346 g/mol. The zero-order chi connectivity index (χ0) is 18.0. The Hall–Kier alpha value is -3.49. The molecule has 25 heavy (non-hydrogen) atoms. The van der Waals surface area contributed by atoms with Crippen LogP contribution in [0, 0.1) is 11.6 Å². The van der Waals surface area contributed by atoms with E-state index in [1.54, 1.807) is 18.2 Å². The third kappa shape index (κ3) is 3.71. The summed E-state index contributed by atoms with van der Waals surface area (Å²) in [5.74, 6) is -3.44. The minimum atomic E-state index is -1.15. The first-order chi connectivity index (χ1) is 11.9. The Morgan fingerprint density at radius 3 is 2.48 bits per heavy atom. The lowest BCUT2D eigenvalue weighted by Gasteiger charge is -2.07. The van der Waals surface area contributed by atoms with Gasteiger partial charge in [-0.25, -0.2) is 13.6 Å². The van der Waals surface area contributed by atoms with E-state index >= 15 is 0 Å². The monoisotopic (exact) mass is 346 g/mol. The van der Waals surface area contributed by atoms with Crippen LogP contribution in [0.3, 0.4) is 0 Å². The van der Waals surface area contributed by atoms with Gasteiger partial charge in [0, 0.05) is 11.3 Å². The minimum absolute atomic E-state index is 0.0991. The smallest absolute Gasteiger partial charge is 0.323 e. The number of H-pyrrole nitrogens is 2. The van der Waals surface area contributed by atoms with E-state index in [0.717, 1.165) is 18.2 Å². The number of aromatic nitrogens is 2. The summed E-state index contributed by atoms with van der Waals surface area (Å²) in [5, 5.41) is 4.85. The van der Waals surface area contributed by atoms with Crippen LogP contribution >= 0.6 is 0 Å². The molecule has 0 unspecified atom stereocenters. The first-order valence-corrected chi connectivity index (χ1v) is 7.17. The average Bonchev–Trinajstić information content (AvgIpc) is 2.94. The van der Waals surface area contributed by atoms with E-state index in [1.807, 2.05) is 0 Å². The molecule has 1 aromatic heterocycles. The summed E-state index contributed by atoms with van der Waals surface area (Å²) < 4.78 is 25.9. The maximum absolute atomic E-state index is 13.1. The maximum atomic E-state index is 13.1. The first-order valence-electron chi connectivity index (χ1n) is 7.17. The van der Waals surface area contributed by atoms with Crippen molar-refractivity contribution < 1.29 is 18.4 Å². The highest BCUT2D eigenvalue weighted by atomic mass is 19.2. The summed E-state index contributed by atoms with van der Waals surface area (Å²) in [4.78, 5) is 40.0. The second-order valence-corrected chi connectivity index (χ2v) is 5.20. The molecule has 9 heteroatoms. The Morgan fingerprint density at radius 2 is 1.72 bits per heavy atom. The van der Waals surface area contributed by atoms with Gasteiger partial charge in [0.05, 0.1) is 17.6 Å². The highest BCUT2D eigenvalue weighted by Crippen LogP contribution is 2.14. The summed E-state index contributed by atoms with van der Waals surface area (Å²) >= 11 is 0. The van der Waals surface area contributed by atoms with Gasteiger partial charge in [0.2, 0.25) is 5.91 Å². The lowest BCUT2D eigenvalue weighted by molar-refractivity contribution is -0.115. The fourth-order valence-corrected chi connectivity index (χ4v) is 2.22. The SMILES string of the molecule is O=C(CNC(=O)c1ccc(F)c(F)c1)Nc1ccc2[nH]c(=O)[nH]c2c1. The van der Waals surface area contributed by atoms with Gasteiger partial charge in [-0.1, -0.05) is 0 Å². The number of carbonyl (C=O) groups excluding carboxylic acids is 2. The van der Waals surface area contributed by atoms with Gasteiger partial charge >= 0.3 is 5.69 Å². The standard InChI is InChI=1S/C16H12F2N4O3/c17-10-3-1-8(5-11(10)18)15(24)19-7-14(23)20-9-2-4-12-13(6-9)22-16(25)21-12/h1-6H,7H2,(H,19,24)(H,20,23)(H2,21,22,25). The zero-order valence-electron chi connectivity index (χ0n) is 12.7. The summed E-state index contributed by atoms with van der Waals surface area (Å²) in [6.07, 6.45) is 0. The molecule has 4 N–H and O–H groups in total. The van der Waals surface area contributed by atoms with Crippen molar-refractivity contribution in [2.75, 3.05) is 11.9 Å². The molecule has 2 aromatic carbocycles. The van der Waals surface area contributed by atoms with Crippen molar-refractivity contribution in [2.24, 2.45) is 0 Å². The summed E-state index contributed by atoms with van der Waals surface area (Å²) in [5.41, 5.74) is 1.08. The number of anilines is 1. The van der Waals surface area contributed by atoms with Crippen molar-refractivity contribution in [1.29, 1.82) is 0 Å². The molecule has 0 fully saturated rings. The Labute approximate surface area is 139 Å². The van der Waals surface area contributed by atoms with E-state index in [1.165, 1.54) is 0 Å². The molecule has 0 saturated heterocycles. The molecule has 0 radical (unpaired) electrons. The van der Waals surface area contributed by atoms with Crippen molar-refractivity contribution >= 4 is 28.5 Å². The van der Waals surface area contributed by atoms with Gasteiger partial charge in [-0.05, 0) is 36.4 Å². The van der Waals surface area contributed by atoms with Gasteiger partial charge in [-0.15, -0.1) is 0 Å². The van der Waals surface area contributed by atoms with Crippen molar-refractivity contribution in [3.05, 3.63) is 64.1 Å². The molecule has 0 aliphatic heterocycles. The molecular formula is C16H12F2N4O3. The van der Waals surface area contributed by atoms with Crippen molar-refractivity contribution in [3.8, 4) is 0 Å². The fraction of sp³-hybridized carbons (Fsp3) is 0.0625. The number of nitrogens with one attached hydrogen (secondary N) is 4. The van der Waals surface area contributed by atoms with Crippen LogP contribution < -0.4 is 16.3 Å². The third-order valence-corrected chi connectivity index (χ3v) is 3.39. The van der Waals surface area contributed by atoms with Gasteiger partial charge in [-0.2, -0.15) is 0 Å². The van der Waals surface area contributed by atoms with Crippen LogP contribution in [0.2, 0.25) is 0 Å². The van der Waals surface area contributed by atoms with Gasteiger partial charge in [0.1, 0.15) is 0 Å². The quantitative estimate of drug-likeness (QED) is 0.575. The van der Waals surface area contributed by atoms with Crippen LogP contribution in [-0.2, 0) is 4.79 Å². The van der Waals surface area contributed by atoms with E-state index in [4.69, 9.17) is 0 Å². The first kappa shape index (κ1) is 16.4. The Balaban J connectivity index is 1.60. The van der Waals surface area contributed by atoms with Crippen LogP contribution in [-0.4, -0.2) is 28.3 Å². The minimum Gasteiger partial charge on any atom is -0.343 e. The van der Waals surface area contributed by atoms with E-state index < -0.39 is 23.4 Å². The molecule has 0 bridgehead atoms.